The van der Waals surface area contributed by atoms with Gasteiger partial charge in [0.25, 0.3) is 11.6 Å². The normalized spacial score (nSPS) is 16.4. The Morgan fingerprint density at radius 3 is 2.77 bits per heavy atom. The molecule has 1 aliphatic heterocycles. The highest BCUT2D eigenvalue weighted by atomic mass is 16.6. The lowest BCUT2D eigenvalue weighted by molar-refractivity contribution is -0.384. The number of H-pyrrole nitrogens is 1. The van der Waals surface area contributed by atoms with Crippen LogP contribution in [0.25, 0.3) is 10.9 Å². The molecule has 8 nitrogen and oxygen atoms in total. The van der Waals surface area contributed by atoms with Crippen molar-refractivity contribution >= 4 is 22.5 Å². The number of hydrogen-bond donors (Lipinski definition) is 1. The van der Waals surface area contributed by atoms with Gasteiger partial charge in [-0.1, -0.05) is 18.2 Å². The van der Waals surface area contributed by atoms with Crippen LogP contribution in [0, 0.1) is 16.0 Å². The van der Waals surface area contributed by atoms with Crippen molar-refractivity contribution in [1.82, 2.24) is 9.88 Å². The predicted molar refractivity (Wildman–Crippen MR) is 112 cm³/mol. The van der Waals surface area contributed by atoms with E-state index in [9.17, 15) is 19.7 Å². The molecule has 3 aromatic rings. The van der Waals surface area contributed by atoms with Gasteiger partial charge in [-0.15, -0.1) is 0 Å². The molecule has 1 amide bonds. The molecule has 0 radical (unpaired) electrons. The Kier molecular flexibility index (Phi) is 5.47. The van der Waals surface area contributed by atoms with E-state index in [4.69, 9.17) is 4.74 Å². The zero-order chi connectivity index (χ0) is 21.1. The molecule has 0 saturated carbocycles. The van der Waals surface area contributed by atoms with Crippen molar-refractivity contribution in [2.75, 3.05) is 19.7 Å². The van der Waals surface area contributed by atoms with Crippen molar-refractivity contribution < 1.29 is 14.5 Å². The van der Waals surface area contributed by atoms with E-state index in [1.807, 2.05) is 30.3 Å². The first-order chi connectivity index (χ1) is 14.5. The number of carbonyl (C=O) groups is 1. The number of ether oxygens (including phenoxy) is 1. The average Bonchev–Trinajstić information content (AvgIpc) is 2.77. The molecule has 0 spiro atoms. The Hall–Kier alpha value is -3.68. The first-order valence-electron chi connectivity index (χ1n) is 9.80. The summed E-state index contributed by atoms with van der Waals surface area (Å²) in [6.45, 7) is 1.58. The number of para-hydroxylation sites is 1. The molecule has 0 bridgehead atoms. The van der Waals surface area contributed by atoms with Crippen LogP contribution in [-0.4, -0.2) is 40.4 Å². The number of amides is 1. The van der Waals surface area contributed by atoms with Crippen LogP contribution in [0.2, 0.25) is 0 Å². The maximum atomic E-state index is 13.2. The maximum Gasteiger partial charge on any atom is 0.270 e. The number of piperidine rings is 1. The molecular weight excluding hydrogens is 386 g/mol. The third-order valence-corrected chi connectivity index (χ3v) is 5.30. The van der Waals surface area contributed by atoms with E-state index < -0.39 is 10.5 Å². The number of likely N-dealkylation sites (tertiary alicyclic amines) is 1. The highest BCUT2D eigenvalue weighted by molar-refractivity contribution is 6.06. The van der Waals surface area contributed by atoms with E-state index in [1.165, 1.54) is 24.3 Å². The molecule has 1 unspecified atom stereocenters. The van der Waals surface area contributed by atoms with E-state index >= 15 is 0 Å². The number of hydrogen-bond acceptors (Lipinski definition) is 5. The zero-order valence-electron chi connectivity index (χ0n) is 16.2. The summed E-state index contributed by atoms with van der Waals surface area (Å²) >= 11 is 0. The molecule has 154 valence electrons. The number of carbonyl (C=O) groups excluding carboxylic acids is 1. The van der Waals surface area contributed by atoms with Crippen molar-refractivity contribution in [2.24, 2.45) is 5.92 Å². The number of non-ortho nitro benzene ring substituents is 1. The lowest BCUT2D eigenvalue weighted by Gasteiger charge is -2.33. The lowest BCUT2D eigenvalue weighted by Crippen LogP contribution is -2.42. The fraction of sp³-hybridized carbons (Fsp3) is 0.273. The fourth-order valence-corrected chi connectivity index (χ4v) is 3.82. The molecule has 1 atom stereocenters. The van der Waals surface area contributed by atoms with Gasteiger partial charge < -0.3 is 14.6 Å². The van der Waals surface area contributed by atoms with Crippen molar-refractivity contribution in [3.05, 3.63) is 80.6 Å². The summed E-state index contributed by atoms with van der Waals surface area (Å²) < 4.78 is 5.84. The maximum absolute atomic E-state index is 13.2. The minimum Gasteiger partial charge on any atom is -0.493 e. The van der Waals surface area contributed by atoms with Crippen LogP contribution in [0.15, 0.2) is 59.4 Å². The first-order valence-corrected chi connectivity index (χ1v) is 9.80. The van der Waals surface area contributed by atoms with Crippen molar-refractivity contribution in [3.63, 3.8) is 0 Å². The van der Waals surface area contributed by atoms with Gasteiger partial charge in [0.2, 0.25) is 5.56 Å². The van der Waals surface area contributed by atoms with Gasteiger partial charge in [0.15, 0.2) is 0 Å². The van der Waals surface area contributed by atoms with E-state index in [0.717, 1.165) is 18.6 Å². The zero-order valence-corrected chi connectivity index (χ0v) is 16.2. The van der Waals surface area contributed by atoms with Gasteiger partial charge in [-0.2, -0.15) is 0 Å². The molecule has 8 heteroatoms. The molecule has 0 aliphatic carbocycles. The largest absolute Gasteiger partial charge is 0.493 e. The number of aromatic nitrogens is 1. The standard InChI is InChI=1S/C22H21N3O5/c26-21-12-19(18-11-16(25(28)29)8-9-20(18)23-21)22(27)24-10-4-5-15(13-24)14-30-17-6-2-1-3-7-17/h1-3,6-9,11-12,15H,4-5,10,13-14H2,(H,23,26). The summed E-state index contributed by atoms with van der Waals surface area (Å²) in [6.07, 6.45) is 1.77. The second-order valence-electron chi connectivity index (χ2n) is 7.42. The van der Waals surface area contributed by atoms with Crippen molar-refractivity contribution in [1.29, 1.82) is 0 Å². The number of benzene rings is 2. The summed E-state index contributed by atoms with van der Waals surface area (Å²) in [4.78, 5) is 40.3. The molecule has 30 heavy (non-hydrogen) atoms. The van der Waals surface area contributed by atoms with Crippen LogP contribution >= 0.6 is 0 Å². The number of aromatic amines is 1. The van der Waals surface area contributed by atoms with E-state index in [1.54, 1.807) is 4.90 Å². The lowest BCUT2D eigenvalue weighted by atomic mass is 9.97. The second-order valence-corrected chi connectivity index (χ2v) is 7.42. The van der Waals surface area contributed by atoms with Crippen LogP contribution in [0.4, 0.5) is 5.69 Å². The highest BCUT2D eigenvalue weighted by Gasteiger charge is 2.27. The topological polar surface area (TPSA) is 106 Å². The Labute approximate surface area is 172 Å². The molecule has 2 heterocycles. The SMILES string of the molecule is O=C(c1cc(=O)[nH]c2ccc([N+](=O)[O-])cc12)N1CCCC(COc2ccccc2)C1. The van der Waals surface area contributed by atoms with E-state index in [-0.39, 0.29) is 23.1 Å². The van der Waals surface area contributed by atoms with Crippen LogP contribution in [0.3, 0.4) is 0 Å². The quantitative estimate of drug-likeness (QED) is 0.516. The molecule has 2 aromatic carbocycles. The average molecular weight is 407 g/mol. The number of nitro benzene ring substituents is 1. The van der Waals surface area contributed by atoms with Crippen LogP contribution in [-0.2, 0) is 0 Å². The second kappa shape index (κ2) is 8.36. The van der Waals surface area contributed by atoms with Gasteiger partial charge in [-0.25, -0.2) is 0 Å². The monoisotopic (exact) mass is 407 g/mol. The smallest absolute Gasteiger partial charge is 0.270 e. The van der Waals surface area contributed by atoms with Gasteiger partial charge in [-0.05, 0) is 31.0 Å². The van der Waals surface area contributed by atoms with Gasteiger partial charge in [0.1, 0.15) is 5.75 Å². The van der Waals surface area contributed by atoms with Gasteiger partial charge in [-0.3, -0.25) is 19.7 Å². The molecule has 1 N–H and O–H groups in total. The summed E-state index contributed by atoms with van der Waals surface area (Å²) in [5.41, 5.74) is 0.0385. The minimum atomic E-state index is -0.517. The van der Waals surface area contributed by atoms with Crippen LogP contribution in [0.1, 0.15) is 23.2 Å². The van der Waals surface area contributed by atoms with Gasteiger partial charge in [0.05, 0.1) is 17.1 Å². The van der Waals surface area contributed by atoms with E-state index in [0.29, 0.717) is 30.6 Å². The van der Waals surface area contributed by atoms with Gasteiger partial charge >= 0.3 is 0 Å². The fourth-order valence-electron chi connectivity index (χ4n) is 3.82. The summed E-state index contributed by atoms with van der Waals surface area (Å²) in [6, 6.07) is 14.8. The van der Waals surface area contributed by atoms with Crippen molar-refractivity contribution in [2.45, 2.75) is 12.8 Å². The molecule has 1 saturated heterocycles. The summed E-state index contributed by atoms with van der Waals surface area (Å²) in [7, 11) is 0. The molecule has 1 aliphatic rings. The van der Waals surface area contributed by atoms with E-state index in [2.05, 4.69) is 4.98 Å². The Bertz CT molecular complexity index is 1140. The Morgan fingerprint density at radius 1 is 1.20 bits per heavy atom. The van der Waals surface area contributed by atoms with Crippen molar-refractivity contribution in [3.8, 4) is 5.75 Å². The first kappa shape index (κ1) is 19.6. The predicted octanol–water partition coefficient (Wildman–Crippen LogP) is 3.37. The van der Waals surface area contributed by atoms with Crippen LogP contribution < -0.4 is 10.3 Å². The summed E-state index contributed by atoms with van der Waals surface area (Å²) in [5.74, 6) is 0.662. The number of fused-ring (bicyclic) bond motifs is 1. The number of nitro groups is 1. The number of nitrogens with zero attached hydrogens (tertiary/aromatic N) is 2. The molecule has 4 rings (SSSR count). The molecular formula is C22H21N3O5. The Balaban J connectivity index is 1.56. The van der Waals surface area contributed by atoms with Gasteiger partial charge in [0, 0.05) is 48.1 Å². The molecule has 1 fully saturated rings. The number of nitrogens with one attached hydrogen (secondary N) is 1. The summed E-state index contributed by atoms with van der Waals surface area (Å²) in [5, 5.41) is 11.5. The van der Waals surface area contributed by atoms with Crippen LogP contribution in [0.5, 0.6) is 5.75 Å². The third kappa shape index (κ3) is 4.17. The highest BCUT2D eigenvalue weighted by Crippen LogP contribution is 2.25. The minimum absolute atomic E-state index is 0.128. The molecule has 1 aromatic heterocycles. The number of rotatable bonds is 5. The number of pyridine rings is 1. The Morgan fingerprint density at radius 2 is 2.00 bits per heavy atom. The third-order valence-electron chi connectivity index (χ3n) is 5.30.